The number of hydrogen-bond acceptors (Lipinski definition) is 3. The Bertz CT molecular complexity index is 856. The summed E-state index contributed by atoms with van der Waals surface area (Å²) in [5.41, 5.74) is 3.69. The van der Waals surface area contributed by atoms with Gasteiger partial charge in [-0.3, -0.25) is 0 Å². The van der Waals surface area contributed by atoms with Gasteiger partial charge in [-0.1, -0.05) is 50.6 Å². The minimum absolute atomic E-state index is 0.165. The van der Waals surface area contributed by atoms with E-state index in [0.29, 0.717) is 16.9 Å². The molecule has 26 heavy (non-hydrogen) atoms. The molecule has 0 fully saturated rings. The van der Waals surface area contributed by atoms with Gasteiger partial charge in [0.25, 0.3) is 0 Å². The first-order valence-electron chi connectivity index (χ1n) is 8.97. The van der Waals surface area contributed by atoms with Gasteiger partial charge in [-0.05, 0) is 55.0 Å². The highest BCUT2D eigenvalue weighted by Crippen LogP contribution is 2.32. The Hall–Kier alpha value is -1.85. The Morgan fingerprint density at radius 3 is 2.19 bits per heavy atom. The molecule has 0 unspecified atom stereocenters. The Labute approximate surface area is 157 Å². The van der Waals surface area contributed by atoms with Crippen LogP contribution in [0.25, 0.3) is 0 Å². The molecule has 0 aliphatic carbocycles. The molecule has 0 bridgehead atoms. The predicted octanol–water partition coefficient (Wildman–Crippen LogP) is 4.87. The van der Waals surface area contributed by atoms with E-state index in [2.05, 4.69) is 4.72 Å². The van der Waals surface area contributed by atoms with Gasteiger partial charge in [0.05, 0.1) is 12.0 Å². The average molecular weight is 376 g/mol. The van der Waals surface area contributed by atoms with Crippen LogP contribution in [0, 0.1) is 13.8 Å². The van der Waals surface area contributed by atoms with Crippen LogP contribution in [0.4, 0.5) is 0 Å². The van der Waals surface area contributed by atoms with E-state index >= 15 is 0 Å². The van der Waals surface area contributed by atoms with Gasteiger partial charge in [0.2, 0.25) is 10.0 Å². The van der Waals surface area contributed by atoms with Crippen LogP contribution in [-0.2, 0) is 10.0 Å². The van der Waals surface area contributed by atoms with Crippen molar-refractivity contribution in [3.05, 3.63) is 58.7 Å². The van der Waals surface area contributed by atoms with Crippen LogP contribution in [0.3, 0.4) is 0 Å². The molecule has 1 N–H and O–H groups in total. The zero-order valence-electron chi connectivity index (χ0n) is 16.5. The fraction of sp³-hybridized carbons (Fsp3) is 0.429. The first kappa shape index (κ1) is 20.5. The van der Waals surface area contributed by atoms with Crippen molar-refractivity contribution in [3.8, 4) is 5.75 Å². The van der Waals surface area contributed by atoms with Gasteiger partial charge in [-0.2, -0.15) is 0 Å². The second-order valence-corrected chi connectivity index (χ2v) is 8.69. The number of rotatable bonds is 7. The van der Waals surface area contributed by atoms with Gasteiger partial charge in [0.1, 0.15) is 5.75 Å². The average Bonchev–Trinajstić information content (AvgIpc) is 2.59. The van der Waals surface area contributed by atoms with Crippen molar-refractivity contribution in [3.63, 3.8) is 0 Å². The minimum atomic E-state index is -3.65. The second kappa shape index (κ2) is 8.23. The quantitative estimate of drug-likeness (QED) is 0.751. The van der Waals surface area contributed by atoms with Crippen LogP contribution in [0.15, 0.2) is 41.3 Å². The standard InChI is InChI=1S/C21H29NO3S/c1-7-19(17-10-8-15(4)9-11-17)22-26(23,24)21-13-18(14(2)3)20(25-6)12-16(21)5/h8-14,19,22H,7H2,1-6H3/t19-/m1/s1. The van der Waals surface area contributed by atoms with Gasteiger partial charge < -0.3 is 4.74 Å². The molecule has 5 heteroatoms. The SMILES string of the molecule is CC[C@@H](NS(=O)(=O)c1cc(C(C)C)c(OC)cc1C)c1ccc(C)cc1. The first-order valence-corrected chi connectivity index (χ1v) is 10.4. The van der Waals surface area contributed by atoms with Crippen LogP contribution in [-0.4, -0.2) is 15.5 Å². The molecular weight excluding hydrogens is 346 g/mol. The van der Waals surface area contributed by atoms with E-state index < -0.39 is 10.0 Å². The molecule has 142 valence electrons. The third-order valence-corrected chi connectivity index (χ3v) is 6.24. The number of aryl methyl sites for hydroxylation is 2. The largest absolute Gasteiger partial charge is 0.496 e. The summed E-state index contributed by atoms with van der Waals surface area (Å²) in [4.78, 5) is 0.313. The molecule has 0 spiro atoms. The van der Waals surface area contributed by atoms with Gasteiger partial charge in [0.15, 0.2) is 0 Å². The van der Waals surface area contributed by atoms with Crippen LogP contribution < -0.4 is 9.46 Å². The molecular formula is C21H29NO3S. The molecule has 0 saturated carbocycles. The lowest BCUT2D eigenvalue weighted by atomic mass is 10.0. The predicted molar refractivity (Wildman–Crippen MR) is 106 cm³/mol. The van der Waals surface area contributed by atoms with Gasteiger partial charge in [0, 0.05) is 6.04 Å². The molecule has 2 aromatic carbocycles. The van der Waals surface area contributed by atoms with E-state index in [9.17, 15) is 8.42 Å². The second-order valence-electron chi connectivity index (χ2n) is 7.01. The van der Waals surface area contributed by atoms with E-state index in [-0.39, 0.29) is 12.0 Å². The van der Waals surface area contributed by atoms with Crippen LogP contribution in [0.2, 0.25) is 0 Å². The molecule has 2 aromatic rings. The molecule has 0 aliphatic heterocycles. The van der Waals surface area contributed by atoms with E-state index in [1.807, 2.05) is 52.0 Å². The van der Waals surface area contributed by atoms with Gasteiger partial charge in [-0.15, -0.1) is 0 Å². The number of sulfonamides is 1. The van der Waals surface area contributed by atoms with Gasteiger partial charge >= 0.3 is 0 Å². The number of hydrogen-bond donors (Lipinski definition) is 1. The topological polar surface area (TPSA) is 55.4 Å². The van der Waals surface area contributed by atoms with Crippen molar-refractivity contribution in [2.24, 2.45) is 0 Å². The van der Waals surface area contributed by atoms with Gasteiger partial charge in [-0.25, -0.2) is 13.1 Å². The lowest BCUT2D eigenvalue weighted by Gasteiger charge is -2.20. The molecule has 0 saturated heterocycles. The Balaban J connectivity index is 2.43. The van der Waals surface area contributed by atoms with Crippen LogP contribution in [0.1, 0.15) is 61.4 Å². The molecule has 0 amide bonds. The maximum atomic E-state index is 13.1. The summed E-state index contributed by atoms with van der Waals surface area (Å²) in [6.45, 7) is 9.85. The van der Waals surface area contributed by atoms with Crippen molar-refractivity contribution in [2.75, 3.05) is 7.11 Å². The number of methoxy groups -OCH3 is 1. The zero-order valence-corrected chi connectivity index (χ0v) is 17.3. The molecule has 0 aliphatic rings. The normalized spacial score (nSPS) is 13.0. The maximum Gasteiger partial charge on any atom is 0.241 e. The molecule has 2 rings (SSSR count). The summed E-state index contributed by atoms with van der Waals surface area (Å²) >= 11 is 0. The third kappa shape index (κ3) is 4.46. The minimum Gasteiger partial charge on any atom is -0.496 e. The van der Waals surface area contributed by atoms with E-state index in [0.717, 1.165) is 22.4 Å². The van der Waals surface area contributed by atoms with E-state index in [1.54, 1.807) is 26.2 Å². The summed E-state index contributed by atoms with van der Waals surface area (Å²) in [7, 11) is -2.04. The Kier molecular flexibility index (Phi) is 6.48. The van der Waals surface area contributed by atoms with Crippen molar-refractivity contribution in [1.82, 2.24) is 4.72 Å². The summed E-state index contributed by atoms with van der Waals surface area (Å²) in [5, 5.41) is 0. The highest BCUT2D eigenvalue weighted by atomic mass is 32.2. The lowest BCUT2D eigenvalue weighted by molar-refractivity contribution is 0.406. The fourth-order valence-electron chi connectivity index (χ4n) is 3.03. The number of nitrogens with one attached hydrogen (secondary N) is 1. The molecule has 0 heterocycles. The smallest absolute Gasteiger partial charge is 0.241 e. The van der Waals surface area contributed by atoms with Crippen molar-refractivity contribution >= 4 is 10.0 Å². The molecule has 0 aromatic heterocycles. The highest BCUT2D eigenvalue weighted by Gasteiger charge is 2.24. The molecule has 0 radical (unpaired) electrons. The van der Waals surface area contributed by atoms with E-state index in [4.69, 9.17) is 4.74 Å². The summed E-state index contributed by atoms with van der Waals surface area (Å²) in [6.07, 6.45) is 0.675. The molecule has 4 nitrogen and oxygen atoms in total. The Morgan fingerprint density at radius 1 is 1.08 bits per heavy atom. The maximum absolute atomic E-state index is 13.1. The monoisotopic (exact) mass is 375 g/mol. The lowest BCUT2D eigenvalue weighted by Crippen LogP contribution is -2.29. The Morgan fingerprint density at radius 2 is 1.69 bits per heavy atom. The summed E-state index contributed by atoms with van der Waals surface area (Å²) < 4.78 is 34.5. The van der Waals surface area contributed by atoms with Crippen LogP contribution >= 0.6 is 0 Å². The number of benzene rings is 2. The van der Waals surface area contributed by atoms with Crippen molar-refractivity contribution in [1.29, 1.82) is 0 Å². The number of ether oxygens (including phenoxy) is 1. The summed E-state index contributed by atoms with van der Waals surface area (Å²) in [5.74, 6) is 0.889. The van der Waals surface area contributed by atoms with Crippen molar-refractivity contribution in [2.45, 2.75) is 57.9 Å². The van der Waals surface area contributed by atoms with Crippen molar-refractivity contribution < 1.29 is 13.2 Å². The molecule has 1 atom stereocenters. The summed E-state index contributed by atoms with van der Waals surface area (Å²) in [6, 6.07) is 11.2. The first-order chi connectivity index (χ1) is 12.2. The highest BCUT2D eigenvalue weighted by molar-refractivity contribution is 7.89. The fourth-order valence-corrected chi connectivity index (χ4v) is 4.60. The van der Waals surface area contributed by atoms with E-state index in [1.165, 1.54) is 0 Å². The zero-order chi connectivity index (χ0) is 19.5. The van der Waals surface area contributed by atoms with Crippen LogP contribution in [0.5, 0.6) is 5.75 Å². The third-order valence-electron chi connectivity index (χ3n) is 4.62.